The van der Waals surface area contributed by atoms with E-state index in [1.807, 2.05) is 34.9 Å². The van der Waals surface area contributed by atoms with Gasteiger partial charge in [0.25, 0.3) is 0 Å². The number of para-hydroxylation sites is 1. The second-order valence-electron chi connectivity index (χ2n) is 5.36. The minimum absolute atomic E-state index is 0.137. The minimum atomic E-state index is -0.335. The Morgan fingerprint density at radius 1 is 1.15 bits per heavy atom. The lowest BCUT2D eigenvalue weighted by atomic mass is 10.2. The van der Waals surface area contributed by atoms with Gasteiger partial charge in [0.05, 0.1) is 24.5 Å². The van der Waals surface area contributed by atoms with E-state index in [1.54, 1.807) is 24.3 Å². The number of esters is 1. The molecule has 8 heteroatoms. The van der Waals surface area contributed by atoms with E-state index in [1.165, 1.54) is 18.9 Å². The maximum atomic E-state index is 11.5. The summed E-state index contributed by atoms with van der Waals surface area (Å²) in [5.74, 6) is 1.02. The molecule has 0 spiro atoms. The van der Waals surface area contributed by atoms with Crippen LogP contribution in [0.15, 0.2) is 59.8 Å². The highest BCUT2D eigenvalue weighted by atomic mass is 32.2. The SMILES string of the molecule is COC(=O)CSc1nnc(COc2ccc(C#N)cc2)n1-c1ccccc1. The van der Waals surface area contributed by atoms with Crippen LogP contribution in [0.3, 0.4) is 0 Å². The van der Waals surface area contributed by atoms with Crippen LogP contribution in [0.5, 0.6) is 5.75 Å². The highest BCUT2D eigenvalue weighted by Gasteiger charge is 2.16. The van der Waals surface area contributed by atoms with Gasteiger partial charge < -0.3 is 9.47 Å². The van der Waals surface area contributed by atoms with Crippen LogP contribution in [0.25, 0.3) is 5.69 Å². The van der Waals surface area contributed by atoms with E-state index >= 15 is 0 Å². The van der Waals surface area contributed by atoms with Gasteiger partial charge in [-0.2, -0.15) is 5.26 Å². The average molecular weight is 380 g/mol. The lowest BCUT2D eigenvalue weighted by Gasteiger charge is -2.11. The van der Waals surface area contributed by atoms with Gasteiger partial charge >= 0.3 is 5.97 Å². The third-order valence-electron chi connectivity index (χ3n) is 3.61. The van der Waals surface area contributed by atoms with Gasteiger partial charge in [-0.1, -0.05) is 30.0 Å². The third kappa shape index (κ3) is 4.65. The summed E-state index contributed by atoms with van der Waals surface area (Å²) in [6, 6.07) is 18.5. The molecule has 0 bridgehead atoms. The quantitative estimate of drug-likeness (QED) is 0.460. The van der Waals surface area contributed by atoms with E-state index in [0.29, 0.717) is 22.3 Å². The van der Waals surface area contributed by atoms with Gasteiger partial charge in [0.2, 0.25) is 0 Å². The molecule has 0 saturated carbocycles. The highest BCUT2D eigenvalue weighted by Crippen LogP contribution is 2.23. The van der Waals surface area contributed by atoms with E-state index in [0.717, 1.165) is 5.69 Å². The van der Waals surface area contributed by atoms with Crippen LogP contribution < -0.4 is 4.74 Å². The number of ether oxygens (including phenoxy) is 2. The standard InChI is InChI=1S/C19H16N4O3S/c1-25-18(24)13-27-19-22-21-17(23(19)15-5-3-2-4-6-15)12-26-16-9-7-14(11-20)8-10-16/h2-10H,12-13H2,1H3. The van der Waals surface area contributed by atoms with Gasteiger partial charge in [0.1, 0.15) is 12.4 Å². The first-order chi connectivity index (χ1) is 13.2. The molecular weight excluding hydrogens is 364 g/mol. The van der Waals surface area contributed by atoms with Crippen molar-refractivity contribution in [2.75, 3.05) is 12.9 Å². The number of nitriles is 1. The molecule has 0 radical (unpaired) electrons. The van der Waals surface area contributed by atoms with Crippen molar-refractivity contribution in [2.45, 2.75) is 11.8 Å². The molecule has 1 aromatic heterocycles. The van der Waals surface area contributed by atoms with Crippen molar-refractivity contribution in [1.29, 1.82) is 5.26 Å². The van der Waals surface area contributed by atoms with Crippen LogP contribution in [0, 0.1) is 11.3 Å². The molecule has 0 aliphatic rings. The number of aromatic nitrogens is 3. The lowest BCUT2D eigenvalue weighted by molar-refractivity contribution is -0.137. The van der Waals surface area contributed by atoms with Crippen molar-refractivity contribution in [3.05, 3.63) is 66.0 Å². The number of hydrogen-bond acceptors (Lipinski definition) is 7. The predicted octanol–water partition coefficient (Wildman–Crippen LogP) is 2.98. The fourth-order valence-corrected chi connectivity index (χ4v) is 3.08. The summed E-state index contributed by atoms with van der Waals surface area (Å²) in [5.41, 5.74) is 1.43. The van der Waals surface area contributed by atoms with Crippen LogP contribution in [-0.4, -0.2) is 33.6 Å². The zero-order valence-corrected chi connectivity index (χ0v) is 15.3. The summed E-state index contributed by atoms with van der Waals surface area (Å²) in [6.07, 6.45) is 0. The summed E-state index contributed by atoms with van der Waals surface area (Å²) in [5, 5.41) is 17.8. The highest BCUT2D eigenvalue weighted by molar-refractivity contribution is 7.99. The number of carbonyl (C=O) groups excluding carboxylic acids is 1. The molecule has 0 atom stereocenters. The van der Waals surface area contributed by atoms with E-state index in [2.05, 4.69) is 21.0 Å². The number of benzene rings is 2. The smallest absolute Gasteiger partial charge is 0.316 e. The Kier molecular flexibility index (Phi) is 6.07. The third-order valence-corrected chi connectivity index (χ3v) is 4.52. The molecule has 3 rings (SSSR count). The molecule has 7 nitrogen and oxygen atoms in total. The molecule has 27 heavy (non-hydrogen) atoms. The van der Waals surface area contributed by atoms with Crippen LogP contribution >= 0.6 is 11.8 Å². The zero-order chi connectivity index (χ0) is 19.1. The number of methoxy groups -OCH3 is 1. The van der Waals surface area contributed by atoms with E-state index in [9.17, 15) is 4.79 Å². The fourth-order valence-electron chi connectivity index (χ4n) is 2.28. The molecule has 0 aliphatic carbocycles. The van der Waals surface area contributed by atoms with Crippen molar-refractivity contribution in [2.24, 2.45) is 0 Å². The minimum Gasteiger partial charge on any atom is -0.486 e. The second-order valence-corrected chi connectivity index (χ2v) is 6.30. The van der Waals surface area contributed by atoms with Crippen LogP contribution in [0.2, 0.25) is 0 Å². The molecule has 0 aliphatic heterocycles. The molecule has 0 unspecified atom stereocenters. The average Bonchev–Trinajstić information content (AvgIpc) is 3.14. The molecular formula is C19H16N4O3S. The molecule has 1 heterocycles. The van der Waals surface area contributed by atoms with Crippen molar-refractivity contribution in [3.63, 3.8) is 0 Å². The van der Waals surface area contributed by atoms with Gasteiger partial charge in [0, 0.05) is 5.69 Å². The number of hydrogen-bond donors (Lipinski definition) is 0. The Labute approximate surface area is 160 Å². The van der Waals surface area contributed by atoms with Crippen LogP contribution in [-0.2, 0) is 16.1 Å². The van der Waals surface area contributed by atoms with Gasteiger partial charge in [-0.05, 0) is 36.4 Å². The number of rotatable bonds is 7. The largest absolute Gasteiger partial charge is 0.486 e. The first-order valence-corrected chi connectivity index (χ1v) is 9.02. The normalized spacial score (nSPS) is 10.2. The number of thioether (sulfide) groups is 1. The first-order valence-electron chi connectivity index (χ1n) is 8.03. The van der Waals surface area contributed by atoms with Gasteiger partial charge in [-0.15, -0.1) is 10.2 Å². The van der Waals surface area contributed by atoms with E-state index in [4.69, 9.17) is 10.00 Å². The fraction of sp³-hybridized carbons (Fsp3) is 0.158. The first kappa shape index (κ1) is 18.5. The van der Waals surface area contributed by atoms with Gasteiger partial charge in [0.15, 0.2) is 11.0 Å². The van der Waals surface area contributed by atoms with Crippen molar-refractivity contribution in [1.82, 2.24) is 14.8 Å². The maximum absolute atomic E-state index is 11.5. The number of carbonyl (C=O) groups is 1. The zero-order valence-electron chi connectivity index (χ0n) is 14.5. The summed E-state index contributed by atoms with van der Waals surface area (Å²) >= 11 is 1.25. The molecule has 136 valence electrons. The van der Waals surface area contributed by atoms with E-state index < -0.39 is 0 Å². The topological polar surface area (TPSA) is 90.0 Å². The Bertz CT molecular complexity index is 949. The summed E-state index contributed by atoms with van der Waals surface area (Å²) in [7, 11) is 1.35. The van der Waals surface area contributed by atoms with Gasteiger partial charge in [-0.25, -0.2) is 0 Å². The number of nitrogens with zero attached hydrogens (tertiary/aromatic N) is 4. The monoisotopic (exact) mass is 380 g/mol. The predicted molar refractivity (Wildman–Crippen MR) is 99.6 cm³/mol. The van der Waals surface area contributed by atoms with Crippen molar-refractivity contribution >= 4 is 17.7 Å². The van der Waals surface area contributed by atoms with Gasteiger partial charge in [-0.3, -0.25) is 9.36 Å². The summed E-state index contributed by atoms with van der Waals surface area (Å²) in [4.78, 5) is 11.5. The summed E-state index contributed by atoms with van der Waals surface area (Å²) < 4.78 is 12.3. The molecule has 0 amide bonds. The molecule has 0 N–H and O–H groups in total. The maximum Gasteiger partial charge on any atom is 0.316 e. The Balaban J connectivity index is 1.82. The Morgan fingerprint density at radius 3 is 2.56 bits per heavy atom. The molecule has 0 saturated heterocycles. The second kappa shape index (κ2) is 8.87. The molecule has 2 aromatic carbocycles. The van der Waals surface area contributed by atoms with Crippen molar-refractivity contribution in [3.8, 4) is 17.5 Å². The van der Waals surface area contributed by atoms with Crippen molar-refractivity contribution < 1.29 is 14.3 Å². The molecule has 3 aromatic rings. The van der Waals surface area contributed by atoms with Crippen LogP contribution in [0.4, 0.5) is 0 Å². The Hall–Kier alpha value is -3.31. The molecule has 0 fully saturated rings. The lowest BCUT2D eigenvalue weighted by Crippen LogP contribution is -2.08. The summed E-state index contributed by atoms with van der Waals surface area (Å²) in [6.45, 7) is 0.187. The van der Waals surface area contributed by atoms with Crippen LogP contribution in [0.1, 0.15) is 11.4 Å². The van der Waals surface area contributed by atoms with E-state index in [-0.39, 0.29) is 18.3 Å². The Morgan fingerprint density at radius 2 is 1.89 bits per heavy atom.